The van der Waals surface area contributed by atoms with Crippen LogP contribution in [0.15, 0.2) is 24.8 Å². The van der Waals surface area contributed by atoms with Crippen molar-refractivity contribution in [3.05, 3.63) is 41.4 Å². The van der Waals surface area contributed by atoms with Crippen LogP contribution < -0.4 is 31.4 Å². The molecule has 0 aliphatic heterocycles. The van der Waals surface area contributed by atoms with E-state index < -0.39 is 5.97 Å². The van der Waals surface area contributed by atoms with Crippen LogP contribution in [0.5, 0.6) is 5.75 Å². The Labute approximate surface area is 202 Å². The topological polar surface area (TPSA) is 157 Å². The predicted octanol–water partition coefficient (Wildman–Crippen LogP) is 1.39. The van der Waals surface area contributed by atoms with E-state index in [9.17, 15) is 4.79 Å². The molecule has 11 nitrogen and oxygen atoms in total. The fourth-order valence-corrected chi connectivity index (χ4v) is 3.85. The first-order valence-corrected chi connectivity index (χ1v) is 11.3. The van der Waals surface area contributed by atoms with Gasteiger partial charge in [0.1, 0.15) is 24.6 Å². The predicted molar refractivity (Wildman–Crippen MR) is 131 cm³/mol. The quantitative estimate of drug-likeness (QED) is 0.187. The lowest BCUT2D eigenvalue weighted by molar-refractivity contribution is -0.676. The van der Waals surface area contributed by atoms with Crippen molar-refractivity contribution < 1.29 is 19.2 Å². The van der Waals surface area contributed by atoms with Crippen molar-refractivity contribution in [2.45, 2.75) is 33.5 Å². The van der Waals surface area contributed by atoms with Crippen molar-refractivity contribution in [2.24, 2.45) is 0 Å². The lowest BCUT2D eigenvalue weighted by Gasteiger charge is -2.11. The second kappa shape index (κ2) is 11.0. The summed E-state index contributed by atoms with van der Waals surface area (Å²) in [5.41, 5.74) is 14.6. The molecule has 0 spiro atoms. The third kappa shape index (κ3) is 5.49. The molecule has 34 heavy (non-hydrogen) atoms. The van der Waals surface area contributed by atoms with Gasteiger partial charge >= 0.3 is 5.97 Å². The number of halogens is 1. The van der Waals surface area contributed by atoms with E-state index in [1.807, 2.05) is 18.2 Å². The van der Waals surface area contributed by atoms with E-state index in [0.29, 0.717) is 36.8 Å². The number of nitrogen functional groups attached to an aromatic ring is 2. The Morgan fingerprint density at radius 3 is 2.74 bits per heavy atom. The van der Waals surface area contributed by atoms with Gasteiger partial charge in [-0.2, -0.15) is 0 Å². The van der Waals surface area contributed by atoms with E-state index >= 15 is 0 Å². The van der Waals surface area contributed by atoms with Crippen LogP contribution in [0.3, 0.4) is 0 Å². The third-order valence-electron chi connectivity index (χ3n) is 5.26. The summed E-state index contributed by atoms with van der Waals surface area (Å²) in [6.45, 7) is 10.9. The van der Waals surface area contributed by atoms with Gasteiger partial charge in [0.05, 0.1) is 25.3 Å². The van der Waals surface area contributed by atoms with Crippen molar-refractivity contribution in [1.29, 1.82) is 0 Å². The number of aryl methyl sites for hydroxylation is 2. The van der Waals surface area contributed by atoms with Crippen LogP contribution in [0.2, 0.25) is 5.15 Å². The van der Waals surface area contributed by atoms with E-state index in [1.54, 1.807) is 0 Å². The molecular weight excluding hydrogens is 460 g/mol. The SMILES string of the molecule is C=C(NCc1n(CC)c2cc(OCCNCC(=O)O)ccc2[n+]1CC)c1nc(Cl)c(N)nc1N. The third-order valence-corrected chi connectivity index (χ3v) is 5.54. The highest BCUT2D eigenvalue weighted by atomic mass is 35.5. The molecule has 0 unspecified atom stereocenters. The van der Waals surface area contributed by atoms with E-state index in [0.717, 1.165) is 29.9 Å². The first-order valence-electron chi connectivity index (χ1n) is 10.9. The number of ether oxygens (including phenoxy) is 1. The summed E-state index contributed by atoms with van der Waals surface area (Å²) in [5.74, 6) is 1.07. The summed E-state index contributed by atoms with van der Waals surface area (Å²) in [5, 5.41) is 14.9. The Bertz CT molecular complexity index is 1210. The fourth-order valence-electron chi connectivity index (χ4n) is 3.73. The zero-order chi connectivity index (χ0) is 24.8. The number of anilines is 2. The molecule has 0 radical (unpaired) electrons. The van der Waals surface area contributed by atoms with Gasteiger partial charge in [-0.25, -0.2) is 19.1 Å². The van der Waals surface area contributed by atoms with Gasteiger partial charge in [-0.05, 0) is 26.0 Å². The summed E-state index contributed by atoms with van der Waals surface area (Å²) in [6.07, 6.45) is 0. The molecule has 1 aromatic carbocycles. The minimum Gasteiger partial charge on any atom is -0.492 e. The maximum Gasteiger partial charge on any atom is 0.317 e. The van der Waals surface area contributed by atoms with E-state index in [1.165, 1.54) is 0 Å². The molecule has 0 saturated carbocycles. The molecule has 0 atom stereocenters. The number of carboxylic acid groups (broad SMARTS) is 1. The van der Waals surface area contributed by atoms with Crippen molar-refractivity contribution in [2.75, 3.05) is 31.2 Å². The van der Waals surface area contributed by atoms with Crippen LogP contribution in [-0.2, 0) is 24.4 Å². The molecule has 0 aliphatic rings. The Hall–Kier alpha value is -3.57. The van der Waals surface area contributed by atoms with Crippen molar-refractivity contribution in [3.8, 4) is 5.75 Å². The Balaban J connectivity index is 1.81. The molecule has 2 aromatic heterocycles. The smallest absolute Gasteiger partial charge is 0.317 e. The molecular formula is C22H30ClN8O3+. The monoisotopic (exact) mass is 489 g/mol. The van der Waals surface area contributed by atoms with Gasteiger partial charge in [0.2, 0.25) is 0 Å². The number of carboxylic acids is 1. The highest BCUT2D eigenvalue weighted by Gasteiger charge is 2.24. The highest BCUT2D eigenvalue weighted by Crippen LogP contribution is 2.23. The normalized spacial score (nSPS) is 11.0. The number of benzene rings is 1. The number of aromatic nitrogens is 4. The minimum absolute atomic E-state index is 0.0707. The van der Waals surface area contributed by atoms with Gasteiger partial charge in [0.15, 0.2) is 27.8 Å². The molecule has 0 bridgehead atoms. The zero-order valence-electron chi connectivity index (χ0n) is 19.3. The van der Waals surface area contributed by atoms with Crippen molar-refractivity contribution in [1.82, 2.24) is 25.2 Å². The van der Waals surface area contributed by atoms with E-state index in [4.69, 9.17) is 32.9 Å². The second-order valence-corrected chi connectivity index (χ2v) is 7.80. The number of rotatable bonds is 12. The number of nitrogens with one attached hydrogen (secondary N) is 2. The Morgan fingerprint density at radius 2 is 2.06 bits per heavy atom. The first-order chi connectivity index (χ1) is 16.3. The summed E-state index contributed by atoms with van der Waals surface area (Å²) in [7, 11) is 0. The van der Waals surface area contributed by atoms with E-state index in [2.05, 4.69) is 50.2 Å². The molecule has 0 saturated heterocycles. The molecule has 182 valence electrons. The lowest BCUT2D eigenvalue weighted by atomic mass is 10.3. The van der Waals surface area contributed by atoms with Crippen LogP contribution in [0, 0.1) is 0 Å². The second-order valence-electron chi connectivity index (χ2n) is 7.44. The highest BCUT2D eigenvalue weighted by molar-refractivity contribution is 6.31. The van der Waals surface area contributed by atoms with Gasteiger partial charge < -0.3 is 31.9 Å². The number of fused-ring (bicyclic) bond motifs is 1. The average Bonchev–Trinajstić information content (AvgIpc) is 3.11. The molecule has 3 aromatic rings. The first kappa shape index (κ1) is 25.1. The number of carbonyl (C=O) groups is 1. The molecule has 0 fully saturated rings. The number of imidazole rings is 1. The number of hydrogen-bond acceptors (Lipinski definition) is 8. The standard InChI is InChI=1S/C22H29ClN8O3/c1-4-30-15-7-6-14(34-9-8-26-12-18(32)33)10-16(15)31(5-2)17(30)11-27-13(3)19-21(24)29-22(25)20(23)28-19/h6-7,10,26-27H,3-5,8-9,11-12H2,1-2H3,(H4-,24,25,29,32,33)/p+1. The minimum atomic E-state index is -0.899. The van der Waals surface area contributed by atoms with Gasteiger partial charge in [0, 0.05) is 12.6 Å². The Kier molecular flexibility index (Phi) is 8.13. The summed E-state index contributed by atoms with van der Waals surface area (Å²) >= 11 is 6.01. The van der Waals surface area contributed by atoms with Crippen LogP contribution in [0.25, 0.3) is 16.7 Å². The average molecular weight is 490 g/mol. The molecule has 3 rings (SSSR count). The van der Waals surface area contributed by atoms with Gasteiger partial charge in [-0.3, -0.25) is 4.79 Å². The Morgan fingerprint density at radius 1 is 1.29 bits per heavy atom. The molecule has 0 amide bonds. The number of aliphatic carboxylic acids is 1. The lowest BCUT2D eigenvalue weighted by Crippen LogP contribution is -2.39. The van der Waals surface area contributed by atoms with Gasteiger partial charge in [-0.1, -0.05) is 18.2 Å². The van der Waals surface area contributed by atoms with Crippen molar-refractivity contribution >= 4 is 45.9 Å². The molecule has 0 aliphatic carbocycles. The molecule has 7 N–H and O–H groups in total. The molecule has 12 heteroatoms. The number of nitrogens with two attached hydrogens (primary N) is 2. The summed E-state index contributed by atoms with van der Waals surface area (Å²) in [6, 6.07) is 5.92. The van der Waals surface area contributed by atoms with Crippen molar-refractivity contribution in [3.63, 3.8) is 0 Å². The fraction of sp³-hybridized carbons (Fsp3) is 0.364. The zero-order valence-corrected chi connectivity index (χ0v) is 20.0. The molecule has 2 heterocycles. The summed E-state index contributed by atoms with van der Waals surface area (Å²) in [4.78, 5) is 18.8. The van der Waals surface area contributed by atoms with Crippen LogP contribution in [0.1, 0.15) is 25.4 Å². The number of nitrogens with zero attached hydrogens (tertiary/aromatic N) is 4. The van der Waals surface area contributed by atoms with Gasteiger partial charge in [0.25, 0.3) is 5.82 Å². The maximum atomic E-state index is 10.6. The largest absolute Gasteiger partial charge is 0.492 e. The van der Waals surface area contributed by atoms with Gasteiger partial charge in [-0.15, -0.1) is 0 Å². The van der Waals surface area contributed by atoms with Crippen LogP contribution >= 0.6 is 11.6 Å². The summed E-state index contributed by atoms with van der Waals surface area (Å²) < 4.78 is 10.2. The van der Waals surface area contributed by atoms with Crippen LogP contribution in [0.4, 0.5) is 11.6 Å². The van der Waals surface area contributed by atoms with Crippen LogP contribution in [-0.4, -0.2) is 45.3 Å². The number of hydrogen-bond donors (Lipinski definition) is 5. The van der Waals surface area contributed by atoms with E-state index in [-0.39, 0.29) is 23.3 Å². The maximum absolute atomic E-state index is 10.6.